The van der Waals surface area contributed by atoms with E-state index in [0.717, 1.165) is 25.7 Å². The lowest BCUT2D eigenvalue weighted by molar-refractivity contribution is -0.158. The molecule has 0 spiro atoms. The van der Waals surface area contributed by atoms with Crippen molar-refractivity contribution in [3.05, 3.63) is 0 Å². The van der Waals surface area contributed by atoms with Gasteiger partial charge in [-0.2, -0.15) is 0 Å². The van der Waals surface area contributed by atoms with Gasteiger partial charge in [-0.05, 0) is 40.5 Å². The summed E-state index contributed by atoms with van der Waals surface area (Å²) in [4.78, 5) is 24.1. The number of nitrogens with one attached hydrogen (secondary N) is 1. The molecule has 110 valence electrons. The van der Waals surface area contributed by atoms with Gasteiger partial charge in [0.15, 0.2) is 0 Å². The molecule has 1 aliphatic carbocycles. The molecule has 19 heavy (non-hydrogen) atoms. The minimum Gasteiger partial charge on any atom is -0.458 e. The van der Waals surface area contributed by atoms with Gasteiger partial charge in [-0.1, -0.05) is 26.2 Å². The minimum absolute atomic E-state index is 0.0226. The monoisotopic (exact) mass is 269 g/mol. The van der Waals surface area contributed by atoms with Crippen molar-refractivity contribution in [3.63, 3.8) is 0 Å². The Kier molecular flexibility index (Phi) is 4.99. The van der Waals surface area contributed by atoms with Crippen LogP contribution in [0.3, 0.4) is 0 Å². The molecule has 0 aromatic rings. The van der Waals surface area contributed by atoms with Crippen molar-refractivity contribution in [3.8, 4) is 0 Å². The Morgan fingerprint density at radius 2 is 1.68 bits per heavy atom. The Morgan fingerprint density at radius 1 is 1.16 bits per heavy atom. The zero-order valence-corrected chi connectivity index (χ0v) is 12.8. The number of esters is 1. The largest absolute Gasteiger partial charge is 0.458 e. The van der Waals surface area contributed by atoms with Crippen LogP contribution in [-0.4, -0.2) is 23.5 Å². The number of amides is 1. The molecule has 1 fully saturated rings. The van der Waals surface area contributed by atoms with E-state index in [-0.39, 0.29) is 17.3 Å². The van der Waals surface area contributed by atoms with E-state index in [9.17, 15) is 9.59 Å². The number of hydrogen-bond acceptors (Lipinski definition) is 3. The van der Waals surface area contributed by atoms with Crippen LogP contribution in [0.2, 0.25) is 0 Å². The summed E-state index contributed by atoms with van der Waals surface area (Å²) in [5.41, 5.74) is -0.848. The van der Waals surface area contributed by atoms with Gasteiger partial charge < -0.3 is 10.1 Å². The summed E-state index contributed by atoms with van der Waals surface area (Å²) in [5, 5.41) is 2.80. The van der Waals surface area contributed by atoms with Crippen LogP contribution in [0.5, 0.6) is 0 Å². The second-order valence-corrected chi connectivity index (χ2v) is 6.85. The topological polar surface area (TPSA) is 55.4 Å². The highest BCUT2D eigenvalue weighted by atomic mass is 16.6. The van der Waals surface area contributed by atoms with Crippen LogP contribution in [0.4, 0.5) is 0 Å². The van der Waals surface area contributed by atoms with Crippen molar-refractivity contribution in [1.29, 1.82) is 0 Å². The molecule has 4 nitrogen and oxygen atoms in total. The smallest absolute Gasteiger partial charge is 0.328 e. The fourth-order valence-corrected chi connectivity index (χ4v) is 2.38. The Balaban J connectivity index is 2.54. The van der Waals surface area contributed by atoms with E-state index in [1.807, 2.05) is 27.7 Å². The number of carbonyl (C=O) groups excluding carboxylic acids is 2. The van der Waals surface area contributed by atoms with Gasteiger partial charge in [0, 0.05) is 5.41 Å². The van der Waals surface area contributed by atoms with Gasteiger partial charge in [-0.3, -0.25) is 4.79 Å². The third-order valence-corrected chi connectivity index (χ3v) is 3.61. The normalized spacial score (nSPS) is 20.5. The van der Waals surface area contributed by atoms with Crippen LogP contribution < -0.4 is 5.32 Å². The molecule has 1 saturated carbocycles. The summed E-state index contributed by atoms with van der Waals surface area (Å²) in [6, 6.07) is -0.592. The molecular formula is C15H27NO3. The third kappa shape index (κ3) is 4.84. The van der Waals surface area contributed by atoms with Crippen molar-refractivity contribution in [2.24, 2.45) is 5.41 Å². The van der Waals surface area contributed by atoms with Crippen molar-refractivity contribution in [2.45, 2.75) is 78.4 Å². The predicted octanol–water partition coefficient (Wildman–Crippen LogP) is 2.80. The lowest BCUT2D eigenvalue weighted by atomic mass is 9.75. The number of rotatable bonds is 3. The van der Waals surface area contributed by atoms with Gasteiger partial charge in [-0.15, -0.1) is 0 Å². The molecular weight excluding hydrogens is 242 g/mol. The minimum atomic E-state index is -0.592. The van der Waals surface area contributed by atoms with Gasteiger partial charge in [-0.25, -0.2) is 4.79 Å². The average molecular weight is 269 g/mol. The van der Waals surface area contributed by atoms with Crippen LogP contribution in [-0.2, 0) is 14.3 Å². The first-order valence-electron chi connectivity index (χ1n) is 7.18. The Bertz CT molecular complexity index is 338. The highest BCUT2D eigenvalue weighted by Gasteiger charge is 2.36. The fraction of sp³-hybridized carbons (Fsp3) is 0.867. The molecule has 0 saturated heterocycles. The highest BCUT2D eigenvalue weighted by molar-refractivity contribution is 5.87. The molecule has 4 heteroatoms. The van der Waals surface area contributed by atoms with E-state index in [0.29, 0.717) is 0 Å². The first-order chi connectivity index (χ1) is 8.64. The average Bonchev–Trinajstić information content (AvgIpc) is 2.27. The van der Waals surface area contributed by atoms with E-state index < -0.39 is 11.6 Å². The SMILES string of the molecule is C[C@H](NC(=O)C1(C)CCCCC1)C(=O)OC(C)(C)C. The summed E-state index contributed by atoms with van der Waals surface area (Å²) in [7, 11) is 0. The predicted molar refractivity (Wildman–Crippen MR) is 74.6 cm³/mol. The van der Waals surface area contributed by atoms with Crippen molar-refractivity contribution >= 4 is 11.9 Å². The quantitative estimate of drug-likeness (QED) is 0.802. The van der Waals surface area contributed by atoms with Crippen LogP contribution in [0.15, 0.2) is 0 Å². The Morgan fingerprint density at radius 3 is 2.16 bits per heavy atom. The summed E-state index contributed by atoms with van der Waals surface area (Å²) in [6.45, 7) is 9.13. The maximum absolute atomic E-state index is 12.3. The van der Waals surface area contributed by atoms with E-state index >= 15 is 0 Å². The summed E-state index contributed by atoms with van der Waals surface area (Å²) >= 11 is 0. The molecule has 1 aliphatic rings. The van der Waals surface area contributed by atoms with E-state index in [1.165, 1.54) is 6.42 Å². The number of ether oxygens (including phenoxy) is 1. The van der Waals surface area contributed by atoms with Crippen molar-refractivity contribution in [1.82, 2.24) is 5.32 Å². The maximum Gasteiger partial charge on any atom is 0.328 e. The molecule has 1 N–H and O–H groups in total. The maximum atomic E-state index is 12.3. The van der Waals surface area contributed by atoms with Gasteiger partial charge in [0.1, 0.15) is 11.6 Å². The van der Waals surface area contributed by atoms with E-state index in [4.69, 9.17) is 4.74 Å². The second kappa shape index (κ2) is 5.93. The van der Waals surface area contributed by atoms with Crippen LogP contribution >= 0.6 is 0 Å². The van der Waals surface area contributed by atoms with E-state index in [1.54, 1.807) is 6.92 Å². The molecule has 0 unspecified atom stereocenters. The number of carbonyl (C=O) groups is 2. The second-order valence-electron chi connectivity index (χ2n) is 6.85. The van der Waals surface area contributed by atoms with Crippen molar-refractivity contribution in [2.75, 3.05) is 0 Å². The molecule has 0 radical (unpaired) electrons. The molecule has 0 aromatic carbocycles. The zero-order chi connectivity index (χ0) is 14.7. The van der Waals surface area contributed by atoms with Crippen LogP contribution in [0.25, 0.3) is 0 Å². The molecule has 0 heterocycles. The standard InChI is InChI=1S/C15H27NO3/c1-11(12(17)19-14(2,3)4)16-13(18)15(5)9-7-6-8-10-15/h11H,6-10H2,1-5H3,(H,16,18)/t11-/m0/s1. The van der Waals surface area contributed by atoms with Gasteiger partial charge in [0.05, 0.1) is 0 Å². The van der Waals surface area contributed by atoms with Crippen LogP contribution in [0, 0.1) is 5.41 Å². The Labute approximate surface area is 116 Å². The van der Waals surface area contributed by atoms with E-state index in [2.05, 4.69) is 5.32 Å². The lowest BCUT2D eigenvalue weighted by Gasteiger charge is -2.33. The molecule has 1 amide bonds. The number of hydrogen-bond donors (Lipinski definition) is 1. The third-order valence-electron chi connectivity index (χ3n) is 3.61. The summed E-state index contributed by atoms with van der Waals surface area (Å²) < 4.78 is 5.27. The molecule has 0 aromatic heterocycles. The van der Waals surface area contributed by atoms with Crippen molar-refractivity contribution < 1.29 is 14.3 Å². The van der Waals surface area contributed by atoms with Gasteiger partial charge >= 0.3 is 5.97 Å². The summed E-state index contributed by atoms with van der Waals surface area (Å²) in [6.07, 6.45) is 5.18. The molecule has 1 atom stereocenters. The zero-order valence-electron chi connectivity index (χ0n) is 12.8. The lowest BCUT2D eigenvalue weighted by Crippen LogP contribution is -2.48. The highest BCUT2D eigenvalue weighted by Crippen LogP contribution is 2.35. The fourth-order valence-electron chi connectivity index (χ4n) is 2.38. The Hall–Kier alpha value is -1.06. The first-order valence-corrected chi connectivity index (χ1v) is 7.18. The van der Waals surface area contributed by atoms with Gasteiger partial charge in [0.2, 0.25) is 5.91 Å². The molecule has 1 rings (SSSR count). The van der Waals surface area contributed by atoms with Crippen LogP contribution in [0.1, 0.15) is 66.7 Å². The first kappa shape index (κ1) is 16.0. The molecule has 0 bridgehead atoms. The van der Waals surface area contributed by atoms with Gasteiger partial charge in [0.25, 0.3) is 0 Å². The summed E-state index contributed by atoms with van der Waals surface area (Å²) in [5.74, 6) is -0.397. The molecule has 0 aliphatic heterocycles.